The highest BCUT2D eigenvalue weighted by Crippen LogP contribution is 2.33. The van der Waals surface area contributed by atoms with Crippen LogP contribution in [0.5, 0.6) is 0 Å². The number of halogens is 2. The van der Waals surface area contributed by atoms with Crippen molar-refractivity contribution in [1.82, 2.24) is 0 Å². The number of hydrogen-bond donors (Lipinski definition) is 2. The Bertz CT molecular complexity index is 601. The second kappa shape index (κ2) is 6.11. The smallest absolute Gasteiger partial charge is 0.129 e. The second-order valence-electron chi connectivity index (χ2n) is 4.83. The molecule has 2 rings (SSSR count). The molecule has 2 unspecified atom stereocenters. The molecule has 2 nitrogen and oxygen atoms in total. The molecular weight excluding hydrogens is 260 g/mol. The topological polar surface area (TPSA) is 46.2 Å². The van der Waals surface area contributed by atoms with Crippen molar-refractivity contribution in [3.63, 3.8) is 0 Å². The largest absolute Gasteiger partial charge is 0.388 e. The van der Waals surface area contributed by atoms with E-state index < -0.39 is 23.7 Å². The molecule has 0 radical (unpaired) electrons. The van der Waals surface area contributed by atoms with E-state index in [1.165, 1.54) is 12.1 Å². The van der Waals surface area contributed by atoms with Gasteiger partial charge in [0.05, 0.1) is 6.10 Å². The van der Waals surface area contributed by atoms with Crippen molar-refractivity contribution < 1.29 is 13.9 Å². The van der Waals surface area contributed by atoms with Crippen molar-refractivity contribution in [2.75, 3.05) is 6.54 Å². The first-order chi connectivity index (χ1) is 9.54. The molecule has 0 saturated heterocycles. The summed E-state index contributed by atoms with van der Waals surface area (Å²) in [6.45, 7) is 1.83. The predicted molar refractivity (Wildman–Crippen MR) is 74.3 cm³/mol. The Hall–Kier alpha value is -1.78. The maximum atomic E-state index is 13.8. The summed E-state index contributed by atoms with van der Waals surface area (Å²) in [7, 11) is 0. The monoisotopic (exact) mass is 277 g/mol. The van der Waals surface area contributed by atoms with E-state index in [1.807, 2.05) is 0 Å². The van der Waals surface area contributed by atoms with Crippen LogP contribution in [0.25, 0.3) is 0 Å². The lowest BCUT2D eigenvalue weighted by molar-refractivity contribution is 0.141. The minimum atomic E-state index is -1.18. The lowest BCUT2D eigenvalue weighted by Gasteiger charge is -2.23. The Morgan fingerprint density at radius 3 is 2.35 bits per heavy atom. The molecule has 0 aliphatic heterocycles. The van der Waals surface area contributed by atoms with Crippen molar-refractivity contribution >= 4 is 0 Å². The van der Waals surface area contributed by atoms with Crippen molar-refractivity contribution in [3.8, 4) is 0 Å². The van der Waals surface area contributed by atoms with Crippen LogP contribution in [0.15, 0.2) is 42.5 Å². The van der Waals surface area contributed by atoms with Gasteiger partial charge in [-0.1, -0.05) is 35.9 Å². The zero-order chi connectivity index (χ0) is 14.7. The average molecular weight is 277 g/mol. The van der Waals surface area contributed by atoms with Crippen molar-refractivity contribution in [2.24, 2.45) is 5.73 Å². The van der Waals surface area contributed by atoms with Gasteiger partial charge in [-0.3, -0.25) is 0 Å². The fourth-order valence-electron chi connectivity index (χ4n) is 2.31. The van der Waals surface area contributed by atoms with E-state index in [-0.39, 0.29) is 12.1 Å². The number of hydrogen-bond acceptors (Lipinski definition) is 2. The minimum Gasteiger partial charge on any atom is -0.388 e. The molecule has 2 aromatic rings. The molecule has 20 heavy (non-hydrogen) atoms. The summed E-state index contributed by atoms with van der Waals surface area (Å²) in [5.74, 6) is -1.65. The average Bonchev–Trinajstić information content (AvgIpc) is 2.44. The molecular formula is C16H17F2NO. The maximum Gasteiger partial charge on any atom is 0.129 e. The lowest BCUT2D eigenvalue weighted by Crippen LogP contribution is -2.22. The summed E-state index contributed by atoms with van der Waals surface area (Å²) < 4.78 is 27.7. The third-order valence-corrected chi connectivity index (χ3v) is 3.41. The minimum absolute atomic E-state index is 0.0233. The van der Waals surface area contributed by atoms with Crippen molar-refractivity contribution in [2.45, 2.75) is 18.9 Å². The van der Waals surface area contributed by atoms with Crippen LogP contribution in [0.1, 0.15) is 28.7 Å². The molecule has 0 aliphatic carbocycles. The number of rotatable bonds is 4. The molecule has 2 aromatic carbocycles. The maximum absolute atomic E-state index is 13.8. The van der Waals surface area contributed by atoms with Gasteiger partial charge in [0.1, 0.15) is 11.6 Å². The highest BCUT2D eigenvalue weighted by atomic mass is 19.1. The Balaban J connectivity index is 2.41. The van der Waals surface area contributed by atoms with Gasteiger partial charge in [-0.2, -0.15) is 0 Å². The molecule has 0 spiro atoms. The van der Waals surface area contributed by atoms with Crippen LogP contribution >= 0.6 is 0 Å². The van der Waals surface area contributed by atoms with Gasteiger partial charge in [0.15, 0.2) is 0 Å². The van der Waals surface area contributed by atoms with Gasteiger partial charge in [-0.15, -0.1) is 0 Å². The summed E-state index contributed by atoms with van der Waals surface area (Å²) in [5.41, 5.74) is 6.91. The van der Waals surface area contributed by atoms with Gasteiger partial charge in [-0.05, 0) is 24.6 Å². The van der Waals surface area contributed by atoms with Crippen LogP contribution in [0.4, 0.5) is 8.78 Å². The van der Waals surface area contributed by atoms with Crippen molar-refractivity contribution in [1.29, 1.82) is 0 Å². The van der Waals surface area contributed by atoms with Gasteiger partial charge in [-0.25, -0.2) is 8.78 Å². The number of aliphatic hydroxyl groups is 1. The van der Waals surface area contributed by atoms with Crippen molar-refractivity contribution in [3.05, 3.63) is 70.8 Å². The fourth-order valence-corrected chi connectivity index (χ4v) is 2.31. The Kier molecular flexibility index (Phi) is 4.47. The molecule has 0 aromatic heterocycles. The number of benzene rings is 2. The zero-order valence-corrected chi connectivity index (χ0v) is 11.2. The molecule has 0 fully saturated rings. The number of aryl methyl sites for hydroxylation is 1. The fraction of sp³-hybridized carbons (Fsp3) is 0.250. The molecule has 2 atom stereocenters. The standard InChI is InChI=1S/C16H17F2NO/c1-10-6-7-15(18)12(8-10)16(20)13(9-19)11-4-2-3-5-14(11)17/h2-8,13,16,20H,9,19H2,1H3. The molecule has 106 valence electrons. The predicted octanol–water partition coefficient (Wildman–Crippen LogP) is 3.05. The van der Waals surface area contributed by atoms with E-state index in [1.54, 1.807) is 37.3 Å². The second-order valence-corrected chi connectivity index (χ2v) is 4.83. The highest BCUT2D eigenvalue weighted by molar-refractivity contribution is 5.31. The summed E-state index contributed by atoms with van der Waals surface area (Å²) >= 11 is 0. The molecule has 0 saturated carbocycles. The first kappa shape index (κ1) is 14.6. The van der Waals surface area contributed by atoms with E-state index in [2.05, 4.69) is 0 Å². The molecule has 0 aliphatic rings. The Morgan fingerprint density at radius 2 is 1.70 bits per heavy atom. The summed E-state index contributed by atoms with van der Waals surface area (Å²) in [4.78, 5) is 0. The first-order valence-electron chi connectivity index (χ1n) is 6.43. The van der Waals surface area contributed by atoms with Gasteiger partial charge in [0.2, 0.25) is 0 Å². The van der Waals surface area contributed by atoms with Gasteiger partial charge in [0, 0.05) is 18.0 Å². The summed E-state index contributed by atoms with van der Waals surface area (Å²) in [5, 5.41) is 10.4. The Morgan fingerprint density at radius 1 is 1.05 bits per heavy atom. The van der Waals surface area contributed by atoms with Gasteiger partial charge >= 0.3 is 0 Å². The Labute approximate surface area is 116 Å². The molecule has 0 bridgehead atoms. The third kappa shape index (κ3) is 2.86. The lowest BCUT2D eigenvalue weighted by atomic mass is 9.88. The molecule has 0 amide bonds. The van der Waals surface area contributed by atoms with Crippen LogP contribution < -0.4 is 5.73 Å². The van der Waals surface area contributed by atoms with Crippen LogP contribution in [-0.2, 0) is 0 Å². The van der Waals surface area contributed by atoms with Crippen LogP contribution in [-0.4, -0.2) is 11.7 Å². The highest BCUT2D eigenvalue weighted by Gasteiger charge is 2.26. The first-order valence-corrected chi connectivity index (χ1v) is 6.43. The van der Waals surface area contributed by atoms with E-state index in [4.69, 9.17) is 5.73 Å². The van der Waals surface area contributed by atoms with E-state index in [0.717, 1.165) is 5.56 Å². The normalized spacial score (nSPS) is 14.1. The quantitative estimate of drug-likeness (QED) is 0.902. The van der Waals surface area contributed by atoms with E-state index >= 15 is 0 Å². The zero-order valence-electron chi connectivity index (χ0n) is 11.2. The third-order valence-electron chi connectivity index (χ3n) is 3.41. The van der Waals surface area contributed by atoms with E-state index in [0.29, 0.717) is 5.56 Å². The molecule has 0 heterocycles. The molecule has 4 heteroatoms. The van der Waals surface area contributed by atoms with Gasteiger partial charge in [0.25, 0.3) is 0 Å². The van der Waals surface area contributed by atoms with Crippen LogP contribution in [0.3, 0.4) is 0 Å². The van der Waals surface area contributed by atoms with Crippen LogP contribution in [0, 0.1) is 18.6 Å². The summed E-state index contributed by atoms with van der Waals surface area (Å²) in [6.07, 6.45) is -1.18. The summed E-state index contributed by atoms with van der Waals surface area (Å²) in [6, 6.07) is 10.6. The van der Waals surface area contributed by atoms with E-state index in [9.17, 15) is 13.9 Å². The SMILES string of the molecule is Cc1ccc(F)c(C(O)C(CN)c2ccccc2F)c1. The molecule has 3 N–H and O–H groups in total. The number of nitrogens with two attached hydrogens (primary N) is 1. The van der Waals surface area contributed by atoms with Crippen LogP contribution in [0.2, 0.25) is 0 Å². The number of aliphatic hydroxyl groups excluding tert-OH is 1. The van der Waals surface area contributed by atoms with Gasteiger partial charge < -0.3 is 10.8 Å².